The molecular weight excluding hydrogens is 220 g/mol. The van der Waals surface area contributed by atoms with Gasteiger partial charge in [0, 0.05) is 23.9 Å². The molecule has 2 rings (SSSR count). The van der Waals surface area contributed by atoms with Gasteiger partial charge in [0.1, 0.15) is 0 Å². The second kappa shape index (κ2) is 4.48. The van der Waals surface area contributed by atoms with Crippen LogP contribution >= 0.6 is 0 Å². The van der Waals surface area contributed by atoms with Crippen molar-refractivity contribution in [3.63, 3.8) is 0 Å². The first kappa shape index (κ1) is 10.9. The zero-order valence-electron chi connectivity index (χ0n) is 8.78. The van der Waals surface area contributed by atoms with Gasteiger partial charge in [-0.15, -0.1) is 0 Å². The number of benzene rings is 1. The Kier molecular flexibility index (Phi) is 2.87. The number of nitro benzene ring substituents is 1. The molecule has 0 aliphatic heterocycles. The highest BCUT2D eigenvalue weighted by atomic mass is 16.6. The van der Waals surface area contributed by atoms with Gasteiger partial charge < -0.3 is 0 Å². The first-order chi connectivity index (χ1) is 8.20. The van der Waals surface area contributed by atoms with Crippen molar-refractivity contribution >= 4 is 18.4 Å². The molecule has 0 spiro atoms. The molecule has 0 amide bonds. The molecule has 6 nitrogen and oxygen atoms in total. The predicted octanol–water partition coefficient (Wildman–Crippen LogP) is 2.38. The second-order valence-electron chi connectivity index (χ2n) is 3.20. The Bertz CT molecular complexity index is 566. The molecule has 84 valence electrons. The number of aliphatic imine (C=N–C) groups is 1. The normalized spacial score (nSPS) is 9.88. The van der Waals surface area contributed by atoms with Gasteiger partial charge in [0.15, 0.2) is 0 Å². The summed E-state index contributed by atoms with van der Waals surface area (Å²) in [5, 5.41) is 10.5. The van der Waals surface area contributed by atoms with E-state index >= 15 is 0 Å². The molecule has 0 radical (unpaired) electrons. The van der Waals surface area contributed by atoms with Crippen molar-refractivity contribution in [3.05, 3.63) is 46.6 Å². The fourth-order valence-electron chi connectivity index (χ4n) is 1.34. The summed E-state index contributed by atoms with van der Waals surface area (Å²) in [5.74, 6) is 0.279. The molecule has 0 fully saturated rings. The maximum Gasteiger partial charge on any atom is 0.269 e. The number of non-ortho nitro benzene ring substituents is 1. The highest BCUT2D eigenvalue weighted by Crippen LogP contribution is 2.21. The van der Waals surface area contributed by atoms with Crippen LogP contribution in [0.5, 0.6) is 0 Å². The lowest BCUT2D eigenvalue weighted by molar-refractivity contribution is -0.384. The standard InChI is InChI=1S/C11H8N4O2/c1-12-11-13-7-6-10(14-11)8-2-4-9(5-3-8)15(16)17/h2-7H,1H2. The van der Waals surface area contributed by atoms with Crippen molar-refractivity contribution < 1.29 is 4.92 Å². The summed E-state index contributed by atoms with van der Waals surface area (Å²) in [5.41, 5.74) is 1.46. The Labute approximate surface area is 96.8 Å². The summed E-state index contributed by atoms with van der Waals surface area (Å²) in [7, 11) is 0. The Morgan fingerprint density at radius 2 is 1.94 bits per heavy atom. The minimum absolute atomic E-state index is 0.0462. The van der Waals surface area contributed by atoms with E-state index in [0.717, 1.165) is 5.56 Å². The molecule has 1 aromatic carbocycles. The van der Waals surface area contributed by atoms with Gasteiger partial charge >= 0.3 is 0 Å². The summed E-state index contributed by atoms with van der Waals surface area (Å²) in [6.45, 7) is 3.34. The predicted molar refractivity (Wildman–Crippen MR) is 63.3 cm³/mol. The lowest BCUT2D eigenvalue weighted by Gasteiger charge is -2.00. The van der Waals surface area contributed by atoms with Gasteiger partial charge in [-0.1, -0.05) is 0 Å². The quantitative estimate of drug-likeness (QED) is 0.458. The first-order valence-corrected chi connectivity index (χ1v) is 4.75. The average molecular weight is 228 g/mol. The summed E-state index contributed by atoms with van der Waals surface area (Å²) in [6.07, 6.45) is 1.56. The van der Waals surface area contributed by atoms with Crippen molar-refractivity contribution in [2.75, 3.05) is 0 Å². The number of aromatic nitrogens is 2. The van der Waals surface area contributed by atoms with Crippen LogP contribution in [0.3, 0.4) is 0 Å². The van der Waals surface area contributed by atoms with Crippen molar-refractivity contribution in [1.82, 2.24) is 9.97 Å². The molecule has 2 aromatic rings. The first-order valence-electron chi connectivity index (χ1n) is 4.75. The molecule has 0 saturated heterocycles. The van der Waals surface area contributed by atoms with Crippen molar-refractivity contribution in [2.24, 2.45) is 4.99 Å². The van der Waals surface area contributed by atoms with Crippen LogP contribution in [-0.2, 0) is 0 Å². The van der Waals surface area contributed by atoms with Gasteiger partial charge in [-0.2, -0.15) is 0 Å². The number of rotatable bonds is 3. The Hall–Kier alpha value is -2.63. The van der Waals surface area contributed by atoms with Crippen LogP contribution in [-0.4, -0.2) is 21.6 Å². The van der Waals surface area contributed by atoms with E-state index in [4.69, 9.17) is 0 Å². The maximum atomic E-state index is 10.5. The minimum Gasteiger partial charge on any atom is -0.258 e. The maximum absolute atomic E-state index is 10.5. The smallest absolute Gasteiger partial charge is 0.258 e. The van der Waals surface area contributed by atoms with Gasteiger partial charge in [0.25, 0.3) is 5.69 Å². The molecule has 0 atom stereocenters. The lowest BCUT2D eigenvalue weighted by atomic mass is 10.1. The van der Waals surface area contributed by atoms with Gasteiger partial charge in [-0.05, 0) is 24.9 Å². The van der Waals surface area contributed by atoms with Crippen LogP contribution in [0.15, 0.2) is 41.5 Å². The van der Waals surface area contributed by atoms with Crippen molar-refractivity contribution in [3.8, 4) is 11.3 Å². The highest BCUT2D eigenvalue weighted by molar-refractivity contribution is 5.61. The molecule has 6 heteroatoms. The molecule has 1 heterocycles. The van der Waals surface area contributed by atoms with Gasteiger partial charge in [0.05, 0.1) is 10.6 Å². The Balaban J connectivity index is 2.39. The molecule has 0 bridgehead atoms. The number of nitrogens with zero attached hydrogens (tertiary/aromatic N) is 4. The fourth-order valence-corrected chi connectivity index (χ4v) is 1.34. The molecule has 0 N–H and O–H groups in total. The van der Waals surface area contributed by atoms with Gasteiger partial charge in [-0.3, -0.25) is 10.1 Å². The molecular formula is C11H8N4O2. The number of hydrogen-bond donors (Lipinski definition) is 0. The topological polar surface area (TPSA) is 81.3 Å². The molecule has 0 unspecified atom stereocenters. The van der Waals surface area contributed by atoms with E-state index < -0.39 is 4.92 Å². The van der Waals surface area contributed by atoms with E-state index in [2.05, 4.69) is 21.7 Å². The summed E-state index contributed by atoms with van der Waals surface area (Å²) in [6, 6.07) is 7.83. The summed E-state index contributed by atoms with van der Waals surface area (Å²) >= 11 is 0. The second-order valence-corrected chi connectivity index (χ2v) is 3.20. The third kappa shape index (κ3) is 2.31. The summed E-state index contributed by atoms with van der Waals surface area (Å²) in [4.78, 5) is 21.7. The molecule has 0 aliphatic carbocycles. The molecule has 0 saturated carbocycles. The van der Waals surface area contributed by atoms with E-state index in [1.54, 1.807) is 24.4 Å². The van der Waals surface area contributed by atoms with E-state index in [0.29, 0.717) is 5.69 Å². The van der Waals surface area contributed by atoms with Gasteiger partial charge in [0.2, 0.25) is 5.95 Å². The van der Waals surface area contributed by atoms with Gasteiger partial charge in [-0.25, -0.2) is 15.0 Å². The third-order valence-electron chi connectivity index (χ3n) is 2.16. The van der Waals surface area contributed by atoms with Crippen LogP contribution in [0.4, 0.5) is 11.6 Å². The molecule has 1 aromatic heterocycles. The van der Waals surface area contributed by atoms with E-state index in [1.807, 2.05) is 0 Å². The average Bonchev–Trinajstić information content (AvgIpc) is 2.39. The monoisotopic (exact) mass is 228 g/mol. The minimum atomic E-state index is -0.444. The van der Waals surface area contributed by atoms with Crippen molar-refractivity contribution in [1.29, 1.82) is 0 Å². The SMILES string of the molecule is C=Nc1nccc(-c2ccc([N+](=O)[O-])cc2)n1. The Morgan fingerprint density at radius 1 is 1.24 bits per heavy atom. The van der Waals surface area contributed by atoms with E-state index in [9.17, 15) is 10.1 Å². The highest BCUT2D eigenvalue weighted by Gasteiger charge is 2.06. The largest absolute Gasteiger partial charge is 0.269 e. The van der Waals surface area contributed by atoms with E-state index in [-0.39, 0.29) is 11.6 Å². The number of nitro groups is 1. The fraction of sp³-hybridized carbons (Fsp3) is 0. The Morgan fingerprint density at radius 3 is 2.53 bits per heavy atom. The zero-order chi connectivity index (χ0) is 12.3. The van der Waals surface area contributed by atoms with Crippen LogP contribution in [0.25, 0.3) is 11.3 Å². The zero-order valence-corrected chi connectivity index (χ0v) is 8.78. The van der Waals surface area contributed by atoms with Crippen LogP contribution in [0.2, 0.25) is 0 Å². The lowest BCUT2D eigenvalue weighted by Crippen LogP contribution is -1.89. The van der Waals surface area contributed by atoms with Crippen molar-refractivity contribution in [2.45, 2.75) is 0 Å². The molecule has 0 aliphatic rings. The van der Waals surface area contributed by atoms with Crippen LogP contribution < -0.4 is 0 Å². The molecule has 17 heavy (non-hydrogen) atoms. The third-order valence-corrected chi connectivity index (χ3v) is 2.16. The van der Waals surface area contributed by atoms with E-state index in [1.165, 1.54) is 12.1 Å². The van der Waals surface area contributed by atoms with Crippen LogP contribution in [0.1, 0.15) is 0 Å². The summed E-state index contributed by atoms with van der Waals surface area (Å²) < 4.78 is 0. The number of hydrogen-bond acceptors (Lipinski definition) is 5. The van der Waals surface area contributed by atoms with Crippen LogP contribution in [0, 0.1) is 10.1 Å².